The predicted octanol–water partition coefficient (Wildman–Crippen LogP) is 0.743. The molecule has 1 saturated heterocycles. The van der Waals surface area contributed by atoms with Gasteiger partial charge in [-0.1, -0.05) is 6.92 Å². The summed E-state index contributed by atoms with van der Waals surface area (Å²) in [4.78, 5) is 2.40. The Morgan fingerprint density at radius 1 is 1.29 bits per heavy atom. The summed E-state index contributed by atoms with van der Waals surface area (Å²) >= 11 is 0. The van der Waals surface area contributed by atoms with Gasteiger partial charge in [-0.15, -0.1) is 0 Å². The molecule has 102 valence electrons. The van der Waals surface area contributed by atoms with Crippen molar-refractivity contribution in [1.82, 2.24) is 10.2 Å². The summed E-state index contributed by atoms with van der Waals surface area (Å²) in [6.07, 6.45) is 3.26. The van der Waals surface area contributed by atoms with Gasteiger partial charge in [0.2, 0.25) is 0 Å². The Kier molecular flexibility index (Phi) is 6.44. The summed E-state index contributed by atoms with van der Waals surface area (Å²) in [6, 6.07) is 0. The molecule has 0 radical (unpaired) electrons. The highest BCUT2D eigenvalue weighted by atomic mass is 32.2. The summed E-state index contributed by atoms with van der Waals surface area (Å²) in [5.41, 5.74) is 0. The van der Waals surface area contributed by atoms with Gasteiger partial charge in [0.15, 0.2) is 0 Å². The smallest absolute Gasteiger partial charge is 0.150 e. The van der Waals surface area contributed by atoms with E-state index in [0.717, 1.165) is 38.5 Å². The summed E-state index contributed by atoms with van der Waals surface area (Å²) in [6.45, 7) is 6.01. The fourth-order valence-electron chi connectivity index (χ4n) is 2.36. The van der Waals surface area contributed by atoms with Crippen molar-refractivity contribution in [1.29, 1.82) is 0 Å². The van der Waals surface area contributed by atoms with Crippen LogP contribution in [0.25, 0.3) is 0 Å². The highest BCUT2D eigenvalue weighted by molar-refractivity contribution is 7.91. The van der Waals surface area contributed by atoms with Gasteiger partial charge >= 0.3 is 0 Å². The number of likely N-dealkylation sites (tertiary alicyclic amines) is 1. The summed E-state index contributed by atoms with van der Waals surface area (Å²) < 4.78 is 22.7. The van der Waals surface area contributed by atoms with Crippen LogP contribution >= 0.6 is 0 Å². The Morgan fingerprint density at radius 2 is 1.94 bits per heavy atom. The summed E-state index contributed by atoms with van der Waals surface area (Å²) in [5, 5.41) is 3.23. The zero-order chi connectivity index (χ0) is 12.7. The molecular weight excluding hydrogens is 236 g/mol. The number of nitrogens with zero attached hydrogens (tertiary/aromatic N) is 1. The highest BCUT2D eigenvalue weighted by Crippen LogP contribution is 2.16. The molecule has 0 aromatic carbocycles. The Labute approximate surface area is 106 Å². The summed E-state index contributed by atoms with van der Waals surface area (Å²) in [7, 11) is -0.774. The maximum Gasteiger partial charge on any atom is 0.150 e. The lowest BCUT2D eigenvalue weighted by Crippen LogP contribution is -2.37. The number of sulfone groups is 1. The second-order valence-electron chi connectivity index (χ2n) is 4.93. The van der Waals surface area contributed by atoms with Gasteiger partial charge in [0.1, 0.15) is 9.84 Å². The van der Waals surface area contributed by atoms with E-state index in [1.165, 1.54) is 12.8 Å². The molecule has 0 atom stereocenters. The van der Waals surface area contributed by atoms with Crippen LogP contribution in [0.5, 0.6) is 0 Å². The second kappa shape index (κ2) is 7.34. The van der Waals surface area contributed by atoms with Crippen molar-refractivity contribution < 1.29 is 8.42 Å². The Hall–Kier alpha value is -0.130. The molecule has 0 bridgehead atoms. The molecule has 17 heavy (non-hydrogen) atoms. The minimum atomic E-state index is -2.78. The molecule has 1 aliphatic rings. The number of hydrogen-bond donors (Lipinski definition) is 1. The van der Waals surface area contributed by atoms with Crippen LogP contribution < -0.4 is 5.32 Å². The van der Waals surface area contributed by atoms with Crippen LogP contribution in [-0.4, -0.2) is 58.1 Å². The van der Waals surface area contributed by atoms with E-state index in [9.17, 15) is 8.42 Å². The van der Waals surface area contributed by atoms with E-state index in [1.54, 1.807) is 6.92 Å². The molecule has 0 amide bonds. The minimum Gasteiger partial charge on any atom is -0.319 e. The molecule has 1 rings (SSSR count). The monoisotopic (exact) mass is 262 g/mol. The zero-order valence-corrected chi connectivity index (χ0v) is 11.9. The number of nitrogens with one attached hydrogen (secondary N) is 1. The molecule has 4 nitrogen and oxygen atoms in total. The van der Waals surface area contributed by atoms with Crippen LogP contribution in [-0.2, 0) is 9.84 Å². The first-order chi connectivity index (χ1) is 8.07. The Morgan fingerprint density at radius 3 is 2.47 bits per heavy atom. The third-order valence-corrected chi connectivity index (χ3v) is 5.36. The third-order valence-electron chi connectivity index (χ3n) is 3.57. The van der Waals surface area contributed by atoms with Gasteiger partial charge in [-0.05, 0) is 58.4 Å². The number of hydrogen-bond acceptors (Lipinski definition) is 4. The van der Waals surface area contributed by atoms with E-state index in [0.29, 0.717) is 5.75 Å². The third kappa shape index (κ3) is 5.84. The molecule has 1 aliphatic heterocycles. The molecule has 0 aliphatic carbocycles. The van der Waals surface area contributed by atoms with E-state index < -0.39 is 9.84 Å². The number of piperidine rings is 1. The van der Waals surface area contributed by atoms with Gasteiger partial charge in [0, 0.05) is 5.75 Å². The lowest BCUT2D eigenvalue weighted by molar-refractivity contribution is 0.184. The number of rotatable bonds is 7. The first-order valence-electron chi connectivity index (χ1n) is 6.64. The van der Waals surface area contributed by atoms with E-state index in [4.69, 9.17) is 0 Å². The molecule has 1 heterocycles. The molecule has 0 saturated carbocycles. The van der Waals surface area contributed by atoms with Crippen LogP contribution in [0.2, 0.25) is 0 Å². The molecule has 1 N–H and O–H groups in total. The molecule has 0 unspecified atom stereocenters. The zero-order valence-electron chi connectivity index (χ0n) is 11.1. The van der Waals surface area contributed by atoms with Crippen LogP contribution in [0.15, 0.2) is 0 Å². The van der Waals surface area contributed by atoms with Crippen molar-refractivity contribution in [3.63, 3.8) is 0 Å². The summed E-state index contributed by atoms with van der Waals surface area (Å²) in [5.74, 6) is 1.42. The topological polar surface area (TPSA) is 49.4 Å². The quantitative estimate of drug-likeness (QED) is 0.735. The maximum atomic E-state index is 11.4. The van der Waals surface area contributed by atoms with Gasteiger partial charge in [0.05, 0.1) is 5.75 Å². The lowest BCUT2D eigenvalue weighted by atomic mass is 9.97. The Balaban J connectivity index is 2.14. The SMILES string of the molecule is CCS(=O)(=O)CCCN1CCC(CNC)CC1. The van der Waals surface area contributed by atoms with Gasteiger partial charge in [-0.2, -0.15) is 0 Å². The van der Waals surface area contributed by atoms with Crippen molar-refractivity contribution >= 4 is 9.84 Å². The average molecular weight is 262 g/mol. The fourth-order valence-corrected chi connectivity index (χ4v) is 3.21. The van der Waals surface area contributed by atoms with Crippen LogP contribution in [0, 0.1) is 5.92 Å². The average Bonchev–Trinajstić information content (AvgIpc) is 2.32. The van der Waals surface area contributed by atoms with Gasteiger partial charge in [-0.3, -0.25) is 0 Å². The van der Waals surface area contributed by atoms with E-state index in [2.05, 4.69) is 10.2 Å². The molecular formula is C12H26N2O2S. The first-order valence-corrected chi connectivity index (χ1v) is 8.47. The van der Waals surface area contributed by atoms with Crippen LogP contribution in [0.3, 0.4) is 0 Å². The molecule has 0 aromatic heterocycles. The first kappa shape index (κ1) is 14.9. The maximum absolute atomic E-state index is 11.4. The van der Waals surface area contributed by atoms with Crippen molar-refractivity contribution in [2.24, 2.45) is 5.92 Å². The standard InChI is InChI=1S/C12H26N2O2S/c1-3-17(15,16)10-4-7-14-8-5-12(6-9-14)11-13-2/h12-13H,3-11H2,1-2H3. The fraction of sp³-hybridized carbons (Fsp3) is 1.00. The molecule has 0 aromatic rings. The van der Waals surface area contributed by atoms with Gasteiger partial charge in [0.25, 0.3) is 0 Å². The molecule has 5 heteroatoms. The van der Waals surface area contributed by atoms with E-state index in [-0.39, 0.29) is 5.75 Å². The van der Waals surface area contributed by atoms with E-state index in [1.807, 2.05) is 7.05 Å². The Bertz CT molecular complexity index is 296. The highest BCUT2D eigenvalue weighted by Gasteiger charge is 2.18. The van der Waals surface area contributed by atoms with Crippen molar-refractivity contribution in [3.8, 4) is 0 Å². The van der Waals surface area contributed by atoms with E-state index >= 15 is 0 Å². The molecule has 0 spiro atoms. The van der Waals surface area contributed by atoms with Crippen molar-refractivity contribution in [2.45, 2.75) is 26.2 Å². The van der Waals surface area contributed by atoms with Crippen LogP contribution in [0.4, 0.5) is 0 Å². The van der Waals surface area contributed by atoms with Gasteiger partial charge in [-0.25, -0.2) is 8.42 Å². The van der Waals surface area contributed by atoms with Gasteiger partial charge < -0.3 is 10.2 Å². The van der Waals surface area contributed by atoms with Crippen LogP contribution in [0.1, 0.15) is 26.2 Å². The molecule has 1 fully saturated rings. The lowest BCUT2D eigenvalue weighted by Gasteiger charge is -2.31. The normalized spacial score (nSPS) is 19.6. The minimum absolute atomic E-state index is 0.275. The van der Waals surface area contributed by atoms with Crippen molar-refractivity contribution in [3.05, 3.63) is 0 Å². The largest absolute Gasteiger partial charge is 0.319 e. The predicted molar refractivity (Wildman–Crippen MR) is 72.0 cm³/mol. The second-order valence-corrected chi connectivity index (χ2v) is 7.41. The van der Waals surface area contributed by atoms with Crippen molar-refractivity contribution in [2.75, 3.05) is 44.7 Å².